The average Bonchev–Trinajstić information content (AvgIpc) is 2.76. The van der Waals surface area contributed by atoms with Gasteiger partial charge in [0, 0.05) is 18.9 Å². The van der Waals surface area contributed by atoms with E-state index in [2.05, 4.69) is 0 Å². The van der Waals surface area contributed by atoms with Crippen molar-refractivity contribution in [2.24, 2.45) is 5.92 Å². The lowest BCUT2D eigenvalue weighted by atomic mass is 10.1. The molecule has 0 radical (unpaired) electrons. The number of fused-ring (bicyclic) bond motifs is 1. The van der Waals surface area contributed by atoms with Crippen molar-refractivity contribution in [2.45, 2.75) is 57.0 Å². The first-order valence-corrected chi connectivity index (χ1v) is 6.28. The fourth-order valence-corrected chi connectivity index (χ4v) is 2.97. The van der Waals surface area contributed by atoms with Gasteiger partial charge in [-0.25, -0.2) is 0 Å². The Bertz CT molecular complexity index is 256. The fourth-order valence-electron chi connectivity index (χ4n) is 2.97. The molecule has 1 saturated carbocycles. The molecule has 3 rings (SSSR count). The Morgan fingerprint density at radius 2 is 2.19 bits per heavy atom. The Kier molecular flexibility index (Phi) is 2.86. The normalized spacial score (nSPS) is 43.1. The van der Waals surface area contributed by atoms with E-state index in [0.717, 1.165) is 32.3 Å². The summed E-state index contributed by atoms with van der Waals surface area (Å²) in [5.74, 6) is 0.350. The third-order valence-electron chi connectivity index (χ3n) is 3.78. The maximum Gasteiger partial charge on any atom is 0.306 e. The summed E-state index contributed by atoms with van der Waals surface area (Å²) in [6.07, 6.45) is 6.06. The van der Waals surface area contributed by atoms with Gasteiger partial charge in [-0.05, 0) is 25.7 Å². The van der Waals surface area contributed by atoms with Crippen molar-refractivity contribution in [2.75, 3.05) is 6.61 Å². The first-order chi connectivity index (χ1) is 7.81. The smallest absolute Gasteiger partial charge is 0.306 e. The van der Waals surface area contributed by atoms with E-state index in [9.17, 15) is 4.79 Å². The monoisotopic (exact) mass is 226 g/mol. The van der Waals surface area contributed by atoms with E-state index < -0.39 is 0 Å². The predicted octanol–water partition coefficient (Wildman–Crippen LogP) is 1.62. The highest BCUT2D eigenvalue weighted by Gasteiger charge is 2.44. The van der Waals surface area contributed by atoms with Crippen LogP contribution in [0.25, 0.3) is 0 Å². The highest BCUT2D eigenvalue weighted by molar-refractivity contribution is 5.72. The highest BCUT2D eigenvalue weighted by atomic mass is 16.7. The van der Waals surface area contributed by atoms with Crippen LogP contribution in [0.1, 0.15) is 38.5 Å². The molecule has 0 aromatic carbocycles. The van der Waals surface area contributed by atoms with E-state index >= 15 is 0 Å². The molecule has 2 saturated heterocycles. The molecule has 0 aromatic heterocycles. The molecule has 0 amide bonds. The summed E-state index contributed by atoms with van der Waals surface area (Å²) < 4.78 is 16.7. The van der Waals surface area contributed by atoms with Gasteiger partial charge in [-0.1, -0.05) is 0 Å². The van der Waals surface area contributed by atoms with Gasteiger partial charge in [0.2, 0.25) is 0 Å². The SMILES string of the molecule is O=C1C[C@@H]2C[C@@H](OC3CCCCO3)C[C@@H]2O1. The first-order valence-electron chi connectivity index (χ1n) is 6.28. The van der Waals surface area contributed by atoms with E-state index in [0.29, 0.717) is 12.3 Å². The second kappa shape index (κ2) is 4.34. The Labute approximate surface area is 95.2 Å². The first kappa shape index (κ1) is 10.5. The predicted molar refractivity (Wildman–Crippen MR) is 55.7 cm³/mol. The maximum atomic E-state index is 11.1. The van der Waals surface area contributed by atoms with Crippen LogP contribution in [0.5, 0.6) is 0 Å². The number of hydrogen-bond acceptors (Lipinski definition) is 4. The highest BCUT2D eigenvalue weighted by Crippen LogP contribution is 2.38. The molecule has 4 heteroatoms. The molecule has 3 fully saturated rings. The standard InChI is InChI=1S/C12H18O4/c13-11-6-8-5-9(7-10(8)16-11)15-12-3-1-2-4-14-12/h8-10,12H,1-7H2/t8-,9+,10-,12?/m0/s1. The molecule has 3 aliphatic rings. The van der Waals surface area contributed by atoms with Gasteiger partial charge in [-0.3, -0.25) is 4.79 Å². The molecule has 0 bridgehead atoms. The van der Waals surface area contributed by atoms with Crippen molar-refractivity contribution < 1.29 is 19.0 Å². The van der Waals surface area contributed by atoms with E-state index in [1.165, 1.54) is 6.42 Å². The molecule has 2 aliphatic heterocycles. The van der Waals surface area contributed by atoms with Crippen LogP contribution in [0.2, 0.25) is 0 Å². The summed E-state index contributed by atoms with van der Waals surface area (Å²) in [6.45, 7) is 0.819. The summed E-state index contributed by atoms with van der Waals surface area (Å²) in [5, 5.41) is 0. The van der Waals surface area contributed by atoms with Gasteiger partial charge < -0.3 is 14.2 Å². The van der Waals surface area contributed by atoms with Crippen molar-refractivity contribution in [3.8, 4) is 0 Å². The van der Waals surface area contributed by atoms with Gasteiger partial charge in [-0.2, -0.15) is 0 Å². The molecule has 2 heterocycles. The van der Waals surface area contributed by atoms with Crippen molar-refractivity contribution >= 4 is 5.97 Å². The number of esters is 1. The minimum atomic E-state index is -0.0395. The lowest BCUT2D eigenvalue weighted by Crippen LogP contribution is -2.27. The molecular weight excluding hydrogens is 208 g/mol. The Morgan fingerprint density at radius 3 is 2.94 bits per heavy atom. The topological polar surface area (TPSA) is 44.8 Å². The summed E-state index contributed by atoms with van der Waals surface area (Å²) in [5.41, 5.74) is 0. The van der Waals surface area contributed by atoms with Crippen LogP contribution in [0.15, 0.2) is 0 Å². The second-order valence-electron chi connectivity index (χ2n) is 5.02. The third-order valence-corrected chi connectivity index (χ3v) is 3.78. The molecule has 4 nitrogen and oxygen atoms in total. The zero-order valence-corrected chi connectivity index (χ0v) is 9.39. The second-order valence-corrected chi connectivity index (χ2v) is 5.02. The zero-order chi connectivity index (χ0) is 11.0. The number of ether oxygens (including phenoxy) is 3. The van der Waals surface area contributed by atoms with Gasteiger partial charge in [0.25, 0.3) is 0 Å². The number of rotatable bonds is 2. The molecular formula is C12H18O4. The third kappa shape index (κ3) is 2.09. The molecule has 4 atom stereocenters. The van der Waals surface area contributed by atoms with Gasteiger partial charge in [0.15, 0.2) is 6.29 Å². The Hall–Kier alpha value is -0.610. The molecule has 0 spiro atoms. The quantitative estimate of drug-likeness (QED) is 0.671. The molecule has 16 heavy (non-hydrogen) atoms. The van der Waals surface area contributed by atoms with E-state index in [1.807, 2.05) is 0 Å². The van der Waals surface area contributed by atoms with Crippen molar-refractivity contribution in [3.05, 3.63) is 0 Å². The summed E-state index contributed by atoms with van der Waals surface area (Å²) in [6, 6.07) is 0. The van der Waals surface area contributed by atoms with Gasteiger partial charge in [0.05, 0.1) is 12.5 Å². The fraction of sp³-hybridized carbons (Fsp3) is 0.917. The van der Waals surface area contributed by atoms with Crippen LogP contribution in [-0.4, -0.2) is 31.1 Å². The van der Waals surface area contributed by atoms with E-state index in [4.69, 9.17) is 14.2 Å². The Morgan fingerprint density at radius 1 is 1.25 bits per heavy atom. The van der Waals surface area contributed by atoms with Crippen LogP contribution in [0.3, 0.4) is 0 Å². The minimum Gasteiger partial charge on any atom is -0.462 e. The van der Waals surface area contributed by atoms with E-state index in [1.54, 1.807) is 0 Å². The molecule has 1 aliphatic carbocycles. The summed E-state index contributed by atoms with van der Waals surface area (Å²) in [7, 11) is 0. The van der Waals surface area contributed by atoms with Crippen molar-refractivity contribution in [3.63, 3.8) is 0 Å². The molecule has 90 valence electrons. The van der Waals surface area contributed by atoms with Crippen molar-refractivity contribution in [1.82, 2.24) is 0 Å². The van der Waals surface area contributed by atoms with E-state index in [-0.39, 0.29) is 24.5 Å². The number of carbonyl (C=O) groups is 1. The summed E-state index contributed by atoms with van der Waals surface area (Å²) >= 11 is 0. The van der Waals surface area contributed by atoms with Crippen LogP contribution < -0.4 is 0 Å². The average molecular weight is 226 g/mol. The molecule has 1 unspecified atom stereocenters. The number of carbonyl (C=O) groups excluding carboxylic acids is 1. The summed E-state index contributed by atoms with van der Waals surface area (Å²) in [4.78, 5) is 11.1. The zero-order valence-electron chi connectivity index (χ0n) is 9.39. The van der Waals surface area contributed by atoms with Crippen LogP contribution in [0, 0.1) is 5.92 Å². The molecule has 0 N–H and O–H groups in total. The maximum absolute atomic E-state index is 11.1. The van der Waals surface area contributed by atoms with Crippen LogP contribution >= 0.6 is 0 Å². The number of hydrogen-bond donors (Lipinski definition) is 0. The van der Waals surface area contributed by atoms with Crippen LogP contribution in [-0.2, 0) is 19.0 Å². The van der Waals surface area contributed by atoms with Gasteiger partial charge in [0.1, 0.15) is 6.10 Å². The lowest BCUT2D eigenvalue weighted by Gasteiger charge is -2.26. The Balaban J connectivity index is 1.49. The van der Waals surface area contributed by atoms with Crippen LogP contribution in [0.4, 0.5) is 0 Å². The van der Waals surface area contributed by atoms with Gasteiger partial charge in [-0.15, -0.1) is 0 Å². The molecule has 0 aromatic rings. The largest absolute Gasteiger partial charge is 0.462 e. The minimum absolute atomic E-state index is 0.0201. The van der Waals surface area contributed by atoms with Gasteiger partial charge >= 0.3 is 5.97 Å². The van der Waals surface area contributed by atoms with Crippen molar-refractivity contribution in [1.29, 1.82) is 0 Å². The lowest BCUT2D eigenvalue weighted by molar-refractivity contribution is -0.188.